The summed E-state index contributed by atoms with van der Waals surface area (Å²) >= 11 is 3.52. The number of benzene rings is 1. The Labute approximate surface area is 125 Å². The molecule has 0 spiro atoms. The molecule has 0 radical (unpaired) electrons. The summed E-state index contributed by atoms with van der Waals surface area (Å²) in [5.41, 5.74) is 1.77. The molecule has 4 heteroatoms. The van der Waals surface area contributed by atoms with Gasteiger partial charge in [0, 0.05) is 10.0 Å². The van der Waals surface area contributed by atoms with Crippen molar-refractivity contribution in [3.63, 3.8) is 0 Å². The van der Waals surface area contributed by atoms with Crippen molar-refractivity contribution in [2.24, 2.45) is 0 Å². The molecule has 0 amide bonds. The van der Waals surface area contributed by atoms with Crippen molar-refractivity contribution in [3.8, 4) is 0 Å². The molecule has 0 unspecified atom stereocenters. The molecule has 0 fully saturated rings. The predicted molar refractivity (Wildman–Crippen MR) is 86.1 cm³/mol. The Balaban J connectivity index is 2.89. The maximum absolute atomic E-state index is 11.4. The third-order valence-electron chi connectivity index (χ3n) is 3.85. The van der Waals surface area contributed by atoms with Gasteiger partial charge in [-0.25, -0.2) is 0 Å². The molecule has 0 heterocycles. The van der Waals surface area contributed by atoms with E-state index in [4.69, 9.17) is 4.43 Å². The lowest BCUT2D eigenvalue weighted by Gasteiger charge is -2.36. The minimum atomic E-state index is -1.76. The van der Waals surface area contributed by atoms with Crippen molar-refractivity contribution in [1.82, 2.24) is 0 Å². The molecule has 0 aliphatic rings. The highest BCUT2D eigenvalue weighted by molar-refractivity contribution is 9.10. The van der Waals surface area contributed by atoms with E-state index < -0.39 is 8.32 Å². The van der Waals surface area contributed by atoms with Gasteiger partial charge in [-0.2, -0.15) is 0 Å². The highest BCUT2D eigenvalue weighted by Crippen LogP contribution is 2.37. The van der Waals surface area contributed by atoms with Gasteiger partial charge in [0.25, 0.3) is 0 Å². The highest BCUT2D eigenvalue weighted by Gasteiger charge is 2.37. The van der Waals surface area contributed by atoms with Gasteiger partial charge in [0.05, 0.1) is 6.61 Å². The van der Waals surface area contributed by atoms with Crippen LogP contribution in [0.4, 0.5) is 0 Å². The third-order valence-corrected chi connectivity index (χ3v) is 9.10. The topological polar surface area (TPSA) is 26.3 Å². The average molecular weight is 343 g/mol. The monoisotopic (exact) mass is 342 g/mol. The van der Waals surface area contributed by atoms with Crippen LogP contribution in [0.3, 0.4) is 0 Å². The maximum Gasteiger partial charge on any atom is 0.192 e. The first-order valence-corrected chi connectivity index (χ1v) is 10.2. The lowest BCUT2D eigenvalue weighted by Crippen LogP contribution is -2.40. The number of carbonyl (C=O) groups excluding carboxylic acids is 1. The van der Waals surface area contributed by atoms with E-state index >= 15 is 0 Å². The Morgan fingerprint density at radius 2 is 1.89 bits per heavy atom. The van der Waals surface area contributed by atoms with E-state index in [2.05, 4.69) is 49.8 Å². The van der Waals surface area contributed by atoms with E-state index in [0.29, 0.717) is 6.61 Å². The number of hydrogen-bond acceptors (Lipinski definition) is 2. The van der Waals surface area contributed by atoms with Crippen LogP contribution in [0, 0.1) is 0 Å². The molecule has 1 rings (SSSR count). The lowest BCUT2D eigenvalue weighted by molar-refractivity contribution is 0.101. The van der Waals surface area contributed by atoms with Gasteiger partial charge in [0.15, 0.2) is 14.1 Å². The number of Topliss-reactive ketones (excluding diaryl/α,β-unsaturated/α-hetero) is 1. The number of carbonyl (C=O) groups is 1. The highest BCUT2D eigenvalue weighted by atomic mass is 79.9. The molecule has 0 aromatic heterocycles. The average Bonchev–Trinajstić information content (AvgIpc) is 2.26. The molecular weight excluding hydrogens is 320 g/mol. The molecule has 0 aliphatic carbocycles. The Kier molecular flexibility index (Phi) is 5.15. The van der Waals surface area contributed by atoms with E-state index in [1.54, 1.807) is 6.92 Å². The maximum atomic E-state index is 11.4. The normalized spacial score (nSPS) is 12.6. The molecule has 0 saturated heterocycles. The zero-order valence-corrected chi connectivity index (χ0v) is 15.2. The van der Waals surface area contributed by atoms with Crippen LogP contribution in [0.5, 0.6) is 0 Å². The zero-order valence-electron chi connectivity index (χ0n) is 12.6. The minimum Gasteiger partial charge on any atom is -0.413 e. The molecule has 1 aromatic carbocycles. The molecule has 0 aliphatic heterocycles. The van der Waals surface area contributed by atoms with Gasteiger partial charge < -0.3 is 4.43 Å². The quantitative estimate of drug-likeness (QED) is 0.557. The summed E-state index contributed by atoms with van der Waals surface area (Å²) < 4.78 is 7.19. The van der Waals surface area contributed by atoms with Crippen molar-refractivity contribution in [2.75, 3.05) is 0 Å². The van der Waals surface area contributed by atoms with Crippen LogP contribution in [0.25, 0.3) is 0 Å². The van der Waals surface area contributed by atoms with E-state index in [0.717, 1.165) is 15.6 Å². The van der Waals surface area contributed by atoms with Gasteiger partial charge in [0.1, 0.15) is 0 Å². The molecule has 1 aromatic rings. The first-order valence-electron chi connectivity index (χ1n) is 6.48. The van der Waals surface area contributed by atoms with Gasteiger partial charge in [-0.3, -0.25) is 4.79 Å². The molecule has 0 atom stereocenters. The molecule has 19 heavy (non-hydrogen) atoms. The van der Waals surface area contributed by atoms with Crippen molar-refractivity contribution < 1.29 is 9.22 Å². The van der Waals surface area contributed by atoms with Crippen LogP contribution in [-0.4, -0.2) is 14.1 Å². The summed E-state index contributed by atoms with van der Waals surface area (Å²) in [5.74, 6) is 0.0843. The fourth-order valence-electron chi connectivity index (χ4n) is 1.38. The Hall–Kier alpha value is -0.453. The van der Waals surface area contributed by atoms with Gasteiger partial charge in [-0.1, -0.05) is 42.8 Å². The Morgan fingerprint density at radius 3 is 2.37 bits per heavy atom. The number of rotatable bonds is 4. The Bertz CT molecular complexity index is 476. The molecule has 2 nitrogen and oxygen atoms in total. The molecular formula is C15H23BrO2Si. The third kappa shape index (κ3) is 4.26. The first kappa shape index (κ1) is 16.6. The van der Waals surface area contributed by atoms with Crippen molar-refractivity contribution in [3.05, 3.63) is 33.8 Å². The predicted octanol–water partition coefficient (Wildman–Crippen LogP) is 5.17. The van der Waals surface area contributed by atoms with Crippen molar-refractivity contribution >= 4 is 30.0 Å². The second-order valence-corrected chi connectivity index (χ2v) is 12.1. The largest absolute Gasteiger partial charge is 0.413 e. The summed E-state index contributed by atoms with van der Waals surface area (Å²) in [5, 5.41) is 0.192. The smallest absolute Gasteiger partial charge is 0.192 e. The fourth-order valence-corrected chi connectivity index (χ4v) is 2.69. The number of ketones is 1. The van der Waals surface area contributed by atoms with Crippen LogP contribution in [0.1, 0.15) is 43.6 Å². The second-order valence-electron chi connectivity index (χ2n) is 6.41. The summed E-state index contributed by atoms with van der Waals surface area (Å²) in [6.07, 6.45) is 0. The molecule has 0 N–H and O–H groups in total. The van der Waals surface area contributed by atoms with Gasteiger partial charge >= 0.3 is 0 Å². The van der Waals surface area contributed by atoms with E-state index in [1.165, 1.54) is 0 Å². The molecule has 0 saturated carbocycles. The van der Waals surface area contributed by atoms with E-state index in [1.807, 2.05) is 18.2 Å². The summed E-state index contributed by atoms with van der Waals surface area (Å²) in [6, 6.07) is 5.67. The van der Waals surface area contributed by atoms with E-state index in [-0.39, 0.29) is 10.8 Å². The minimum absolute atomic E-state index is 0.0843. The fraction of sp³-hybridized carbons (Fsp3) is 0.533. The van der Waals surface area contributed by atoms with Crippen molar-refractivity contribution in [2.45, 2.75) is 52.4 Å². The van der Waals surface area contributed by atoms with Crippen LogP contribution in [0.15, 0.2) is 22.7 Å². The van der Waals surface area contributed by atoms with Crippen LogP contribution in [0.2, 0.25) is 18.1 Å². The molecule has 0 bridgehead atoms. The van der Waals surface area contributed by atoms with Crippen LogP contribution >= 0.6 is 15.9 Å². The lowest BCUT2D eigenvalue weighted by atomic mass is 10.1. The van der Waals surface area contributed by atoms with Gasteiger partial charge in [-0.15, -0.1) is 0 Å². The Morgan fingerprint density at radius 1 is 1.32 bits per heavy atom. The van der Waals surface area contributed by atoms with Gasteiger partial charge in [0.2, 0.25) is 0 Å². The summed E-state index contributed by atoms with van der Waals surface area (Å²) in [4.78, 5) is 11.4. The standard InChI is InChI=1S/C15H23BrO2Si/c1-11(17)12-7-8-14(16)13(9-12)10-18-19(5,6)15(2,3)4/h7-9H,10H2,1-6H3. The molecule has 106 valence electrons. The second kappa shape index (κ2) is 5.90. The van der Waals surface area contributed by atoms with Crippen LogP contribution in [-0.2, 0) is 11.0 Å². The first-order chi connectivity index (χ1) is 8.54. The number of halogens is 1. The van der Waals surface area contributed by atoms with Gasteiger partial charge in [-0.05, 0) is 42.8 Å². The summed E-state index contributed by atoms with van der Waals surface area (Å²) in [7, 11) is -1.76. The SMILES string of the molecule is CC(=O)c1ccc(Br)c(CO[Si](C)(C)C(C)(C)C)c1. The number of hydrogen-bond donors (Lipinski definition) is 0. The van der Waals surface area contributed by atoms with Crippen LogP contribution < -0.4 is 0 Å². The van der Waals surface area contributed by atoms with Crippen molar-refractivity contribution in [1.29, 1.82) is 0 Å². The summed E-state index contributed by atoms with van der Waals surface area (Å²) in [6.45, 7) is 13.3. The zero-order chi connectivity index (χ0) is 14.8. The van der Waals surface area contributed by atoms with E-state index in [9.17, 15) is 4.79 Å².